The molecule has 3 heteroatoms. The molecule has 2 N–H and O–H groups in total. The SMILES string of the molecule is Cc1ccnc(N2CCCCCCC2)c1N. The zero-order valence-electron chi connectivity index (χ0n) is 10.1. The highest BCUT2D eigenvalue weighted by atomic mass is 15.2. The molecule has 2 heterocycles. The summed E-state index contributed by atoms with van der Waals surface area (Å²) in [7, 11) is 0. The number of pyridine rings is 1. The van der Waals surface area contributed by atoms with E-state index in [1.807, 2.05) is 19.2 Å². The molecule has 0 atom stereocenters. The maximum absolute atomic E-state index is 6.10. The second-order valence-corrected chi connectivity index (χ2v) is 4.62. The lowest BCUT2D eigenvalue weighted by molar-refractivity contribution is 0.554. The first-order valence-electron chi connectivity index (χ1n) is 6.25. The molecule has 1 aliphatic heterocycles. The fourth-order valence-electron chi connectivity index (χ4n) is 2.27. The number of aromatic nitrogens is 1. The van der Waals surface area contributed by atoms with Gasteiger partial charge in [-0.15, -0.1) is 0 Å². The highest BCUT2D eigenvalue weighted by Crippen LogP contribution is 2.25. The molecule has 0 amide bonds. The van der Waals surface area contributed by atoms with Gasteiger partial charge >= 0.3 is 0 Å². The van der Waals surface area contributed by atoms with Gasteiger partial charge in [-0.25, -0.2) is 4.98 Å². The smallest absolute Gasteiger partial charge is 0.152 e. The maximum Gasteiger partial charge on any atom is 0.152 e. The van der Waals surface area contributed by atoms with Crippen molar-refractivity contribution in [2.24, 2.45) is 0 Å². The minimum Gasteiger partial charge on any atom is -0.396 e. The molecule has 1 aliphatic rings. The second kappa shape index (κ2) is 5.19. The Morgan fingerprint density at radius 1 is 1.12 bits per heavy atom. The van der Waals surface area contributed by atoms with E-state index >= 15 is 0 Å². The van der Waals surface area contributed by atoms with Gasteiger partial charge in [0.1, 0.15) is 0 Å². The Bertz CT molecular complexity index is 341. The Kier molecular flexibility index (Phi) is 3.65. The van der Waals surface area contributed by atoms with Gasteiger partial charge in [0.05, 0.1) is 5.69 Å². The summed E-state index contributed by atoms with van der Waals surface area (Å²) >= 11 is 0. The number of nitrogens with two attached hydrogens (primary N) is 1. The zero-order chi connectivity index (χ0) is 11.4. The van der Waals surface area contributed by atoms with Crippen molar-refractivity contribution in [3.05, 3.63) is 17.8 Å². The van der Waals surface area contributed by atoms with Crippen molar-refractivity contribution >= 4 is 11.5 Å². The van der Waals surface area contributed by atoms with Crippen molar-refractivity contribution in [1.29, 1.82) is 0 Å². The van der Waals surface area contributed by atoms with Gasteiger partial charge < -0.3 is 10.6 Å². The average molecular weight is 219 g/mol. The molecule has 1 aromatic rings. The van der Waals surface area contributed by atoms with Crippen molar-refractivity contribution in [3.8, 4) is 0 Å². The van der Waals surface area contributed by atoms with E-state index in [1.165, 1.54) is 32.1 Å². The Morgan fingerprint density at radius 3 is 2.44 bits per heavy atom. The summed E-state index contributed by atoms with van der Waals surface area (Å²) in [6.07, 6.45) is 8.43. The number of anilines is 2. The van der Waals surface area contributed by atoms with Crippen molar-refractivity contribution in [3.63, 3.8) is 0 Å². The van der Waals surface area contributed by atoms with Crippen LogP contribution in [0.25, 0.3) is 0 Å². The van der Waals surface area contributed by atoms with Crippen LogP contribution in [0.5, 0.6) is 0 Å². The first-order valence-corrected chi connectivity index (χ1v) is 6.25. The van der Waals surface area contributed by atoms with Crippen molar-refractivity contribution in [2.75, 3.05) is 23.7 Å². The molecule has 0 bridgehead atoms. The van der Waals surface area contributed by atoms with E-state index in [-0.39, 0.29) is 0 Å². The van der Waals surface area contributed by atoms with E-state index in [4.69, 9.17) is 5.73 Å². The van der Waals surface area contributed by atoms with E-state index in [0.717, 1.165) is 30.2 Å². The summed E-state index contributed by atoms with van der Waals surface area (Å²) in [4.78, 5) is 6.78. The fourth-order valence-corrected chi connectivity index (χ4v) is 2.27. The second-order valence-electron chi connectivity index (χ2n) is 4.62. The van der Waals surface area contributed by atoms with Gasteiger partial charge in [0.2, 0.25) is 0 Å². The molecule has 0 aromatic carbocycles. The van der Waals surface area contributed by atoms with E-state index < -0.39 is 0 Å². The number of rotatable bonds is 1. The molecular weight excluding hydrogens is 198 g/mol. The van der Waals surface area contributed by atoms with Crippen molar-refractivity contribution in [1.82, 2.24) is 4.98 Å². The van der Waals surface area contributed by atoms with E-state index in [1.54, 1.807) is 0 Å². The molecule has 16 heavy (non-hydrogen) atoms. The third-order valence-corrected chi connectivity index (χ3v) is 3.34. The lowest BCUT2D eigenvalue weighted by Crippen LogP contribution is -2.28. The predicted octanol–water partition coefficient (Wildman–Crippen LogP) is 2.74. The molecule has 88 valence electrons. The predicted molar refractivity (Wildman–Crippen MR) is 68.7 cm³/mol. The average Bonchev–Trinajstić information content (AvgIpc) is 2.23. The summed E-state index contributed by atoms with van der Waals surface area (Å²) in [5.74, 6) is 0.988. The normalized spacial score (nSPS) is 17.9. The maximum atomic E-state index is 6.10. The van der Waals surface area contributed by atoms with Crippen LogP contribution in [0.3, 0.4) is 0 Å². The van der Waals surface area contributed by atoms with Crippen LogP contribution < -0.4 is 10.6 Å². The van der Waals surface area contributed by atoms with Crippen LogP contribution in [-0.2, 0) is 0 Å². The lowest BCUT2D eigenvalue weighted by atomic mass is 10.1. The third kappa shape index (κ3) is 2.46. The summed E-state index contributed by atoms with van der Waals surface area (Å²) < 4.78 is 0. The third-order valence-electron chi connectivity index (χ3n) is 3.34. The van der Waals surface area contributed by atoms with Crippen LogP contribution in [0, 0.1) is 6.92 Å². The van der Waals surface area contributed by atoms with Gasteiger partial charge in [-0.2, -0.15) is 0 Å². The van der Waals surface area contributed by atoms with Gasteiger partial charge in [-0.3, -0.25) is 0 Å². The zero-order valence-corrected chi connectivity index (χ0v) is 10.1. The molecule has 1 aromatic heterocycles. The van der Waals surface area contributed by atoms with Gasteiger partial charge in [0, 0.05) is 19.3 Å². The van der Waals surface area contributed by atoms with E-state index in [0.29, 0.717) is 0 Å². The molecule has 0 radical (unpaired) electrons. The minimum absolute atomic E-state index is 0.850. The lowest BCUT2D eigenvalue weighted by Gasteiger charge is -2.27. The van der Waals surface area contributed by atoms with Crippen LogP contribution in [-0.4, -0.2) is 18.1 Å². The Labute approximate surface area is 97.7 Å². The summed E-state index contributed by atoms with van der Waals surface area (Å²) in [6, 6.07) is 1.98. The monoisotopic (exact) mass is 219 g/mol. The minimum atomic E-state index is 0.850. The number of hydrogen-bond donors (Lipinski definition) is 1. The van der Waals surface area contributed by atoms with Crippen LogP contribution in [0.15, 0.2) is 12.3 Å². The highest BCUT2D eigenvalue weighted by Gasteiger charge is 2.13. The molecule has 0 saturated carbocycles. The van der Waals surface area contributed by atoms with Gasteiger partial charge in [-0.1, -0.05) is 19.3 Å². The number of hydrogen-bond acceptors (Lipinski definition) is 3. The summed E-state index contributed by atoms with van der Waals surface area (Å²) in [5.41, 5.74) is 8.08. The van der Waals surface area contributed by atoms with Crippen LogP contribution in [0.1, 0.15) is 37.7 Å². The van der Waals surface area contributed by atoms with Crippen LogP contribution >= 0.6 is 0 Å². The topological polar surface area (TPSA) is 42.2 Å². The molecule has 2 rings (SSSR count). The number of nitrogen functional groups attached to an aromatic ring is 1. The fraction of sp³-hybridized carbons (Fsp3) is 0.615. The van der Waals surface area contributed by atoms with Gasteiger partial charge in [0.25, 0.3) is 0 Å². The standard InChI is InChI=1S/C13H21N3/c1-11-7-8-15-13(12(11)14)16-9-5-3-2-4-6-10-16/h7-8H,2-6,9-10,14H2,1H3. The summed E-state index contributed by atoms with van der Waals surface area (Å²) in [5, 5.41) is 0. The molecular formula is C13H21N3. The van der Waals surface area contributed by atoms with Crippen LogP contribution in [0.2, 0.25) is 0 Å². The van der Waals surface area contributed by atoms with E-state index in [2.05, 4.69) is 9.88 Å². The first-order chi connectivity index (χ1) is 7.79. The Balaban J connectivity index is 2.17. The first kappa shape index (κ1) is 11.2. The van der Waals surface area contributed by atoms with Gasteiger partial charge in [-0.05, 0) is 31.4 Å². The quantitative estimate of drug-likeness (QED) is 0.789. The Hall–Kier alpha value is -1.25. The molecule has 3 nitrogen and oxygen atoms in total. The molecule has 0 spiro atoms. The molecule has 1 saturated heterocycles. The molecule has 0 unspecified atom stereocenters. The van der Waals surface area contributed by atoms with Gasteiger partial charge in [0.15, 0.2) is 5.82 Å². The largest absolute Gasteiger partial charge is 0.396 e. The number of aryl methyl sites for hydroxylation is 1. The number of nitrogens with zero attached hydrogens (tertiary/aromatic N) is 2. The summed E-state index contributed by atoms with van der Waals surface area (Å²) in [6.45, 7) is 4.24. The molecule has 1 fully saturated rings. The molecule has 0 aliphatic carbocycles. The highest BCUT2D eigenvalue weighted by molar-refractivity contribution is 5.66. The van der Waals surface area contributed by atoms with Crippen molar-refractivity contribution in [2.45, 2.75) is 39.0 Å². The van der Waals surface area contributed by atoms with Crippen LogP contribution in [0.4, 0.5) is 11.5 Å². The van der Waals surface area contributed by atoms with Crippen molar-refractivity contribution < 1.29 is 0 Å². The van der Waals surface area contributed by atoms with E-state index in [9.17, 15) is 0 Å². The Morgan fingerprint density at radius 2 is 1.75 bits per heavy atom.